The zero-order valence-electron chi connectivity index (χ0n) is 20.2. The number of aliphatic carboxylic acids is 1. The SMILES string of the molecule is CC(CCCC(=O)O)NC(=O)C[C@@H]1CCC[C@H]1NC(=O)OCC1c2ccccc2-c2ccccc21. The molecule has 2 aromatic carbocycles. The zero-order chi connectivity index (χ0) is 24.8. The second-order valence-corrected chi connectivity index (χ2v) is 9.73. The number of rotatable bonds is 10. The molecule has 0 spiro atoms. The number of nitrogens with one attached hydrogen (secondary N) is 2. The van der Waals surface area contributed by atoms with E-state index in [-0.39, 0.29) is 42.9 Å². The Labute approximate surface area is 206 Å². The monoisotopic (exact) mass is 478 g/mol. The van der Waals surface area contributed by atoms with Crippen molar-refractivity contribution < 1.29 is 24.2 Å². The lowest BCUT2D eigenvalue weighted by atomic mass is 9.98. The fourth-order valence-corrected chi connectivity index (χ4v) is 5.47. The summed E-state index contributed by atoms with van der Waals surface area (Å²) in [5.41, 5.74) is 4.73. The number of carboxylic acids is 1. The van der Waals surface area contributed by atoms with Crippen LogP contribution in [0.5, 0.6) is 0 Å². The highest BCUT2D eigenvalue weighted by Gasteiger charge is 2.32. The highest BCUT2D eigenvalue weighted by Crippen LogP contribution is 2.44. The predicted molar refractivity (Wildman–Crippen MR) is 133 cm³/mol. The van der Waals surface area contributed by atoms with Gasteiger partial charge in [-0.1, -0.05) is 55.0 Å². The molecule has 186 valence electrons. The van der Waals surface area contributed by atoms with Gasteiger partial charge in [-0.25, -0.2) is 4.79 Å². The summed E-state index contributed by atoms with van der Waals surface area (Å²) in [6.07, 6.45) is 3.85. The van der Waals surface area contributed by atoms with Gasteiger partial charge in [-0.05, 0) is 60.8 Å². The van der Waals surface area contributed by atoms with E-state index in [1.165, 1.54) is 22.3 Å². The van der Waals surface area contributed by atoms with E-state index >= 15 is 0 Å². The summed E-state index contributed by atoms with van der Waals surface area (Å²) in [7, 11) is 0. The zero-order valence-corrected chi connectivity index (χ0v) is 20.2. The van der Waals surface area contributed by atoms with E-state index in [1.54, 1.807) is 0 Å². The average molecular weight is 479 g/mol. The lowest BCUT2D eigenvalue weighted by molar-refractivity contribution is -0.137. The van der Waals surface area contributed by atoms with Crippen LogP contribution in [0, 0.1) is 5.92 Å². The third kappa shape index (κ3) is 6.21. The Morgan fingerprint density at radius 3 is 2.34 bits per heavy atom. The highest BCUT2D eigenvalue weighted by molar-refractivity contribution is 5.79. The Bertz CT molecular complexity index is 1020. The van der Waals surface area contributed by atoms with Crippen LogP contribution in [0.1, 0.15) is 68.9 Å². The van der Waals surface area contributed by atoms with Crippen molar-refractivity contribution in [3.05, 3.63) is 59.7 Å². The summed E-state index contributed by atoms with van der Waals surface area (Å²) in [6, 6.07) is 16.3. The van der Waals surface area contributed by atoms with E-state index in [2.05, 4.69) is 34.9 Å². The number of carbonyl (C=O) groups is 3. The molecule has 7 heteroatoms. The standard InChI is InChI=1S/C28H34N2O5/c1-18(8-6-15-27(32)33)29-26(31)16-19-9-7-14-25(19)30-28(34)35-17-24-22-12-4-2-10-20(22)21-11-3-5-13-23(21)24/h2-5,10-13,18-19,24-25H,6-9,14-17H2,1H3,(H,29,31)(H,30,34)(H,32,33)/t18?,19-,25+/m0/s1. The summed E-state index contributed by atoms with van der Waals surface area (Å²) < 4.78 is 5.68. The van der Waals surface area contributed by atoms with Gasteiger partial charge in [0, 0.05) is 30.8 Å². The Morgan fingerprint density at radius 1 is 1.03 bits per heavy atom. The molecule has 0 heterocycles. The molecule has 0 saturated heterocycles. The van der Waals surface area contributed by atoms with E-state index in [0.29, 0.717) is 19.3 Å². The van der Waals surface area contributed by atoms with Crippen molar-refractivity contribution in [1.29, 1.82) is 0 Å². The molecule has 7 nitrogen and oxygen atoms in total. The van der Waals surface area contributed by atoms with Gasteiger partial charge in [-0.3, -0.25) is 9.59 Å². The molecular weight excluding hydrogens is 444 g/mol. The number of fused-ring (bicyclic) bond motifs is 3. The molecule has 1 saturated carbocycles. The maximum absolute atomic E-state index is 12.7. The minimum absolute atomic E-state index is 0.0147. The molecule has 2 aromatic rings. The Balaban J connectivity index is 1.26. The van der Waals surface area contributed by atoms with Crippen LogP contribution in [0.3, 0.4) is 0 Å². The van der Waals surface area contributed by atoms with Crippen molar-refractivity contribution in [1.82, 2.24) is 10.6 Å². The first-order valence-corrected chi connectivity index (χ1v) is 12.5. The molecule has 3 atom stereocenters. The van der Waals surface area contributed by atoms with Crippen LogP contribution >= 0.6 is 0 Å². The van der Waals surface area contributed by atoms with E-state index < -0.39 is 12.1 Å². The lowest BCUT2D eigenvalue weighted by Gasteiger charge is -2.22. The number of ether oxygens (including phenoxy) is 1. The van der Waals surface area contributed by atoms with Gasteiger partial charge >= 0.3 is 12.1 Å². The smallest absolute Gasteiger partial charge is 0.407 e. The number of hydrogen-bond donors (Lipinski definition) is 3. The van der Waals surface area contributed by atoms with E-state index in [1.807, 2.05) is 31.2 Å². The number of alkyl carbamates (subject to hydrolysis) is 1. The van der Waals surface area contributed by atoms with Crippen molar-refractivity contribution in [3.8, 4) is 11.1 Å². The average Bonchev–Trinajstić information content (AvgIpc) is 3.39. The minimum atomic E-state index is -0.823. The first-order valence-electron chi connectivity index (χ1n) is 12.5. The normalized spacial score (nSPS) is 19.5. The Hall–Kier alpha value is -3.35. The van der Waals surface area contributed by atoms with Crippen molar-refractivity contribution >= 4 is 18.0 Å². The minimum Gasteiger partial charge on any atom is -0.481 e. The van der Waals surface area contributed by atoms with Crippen LogP contribution in [0.4, 0.5) is 4.79 Å². The van der Waals surface area contributed by atoms with Gasteiger partial charge < -0.3 is 20.5 Å². The molecule has 0 bridgehead atoms. The van der Waals surface area contributed by atoms with Gasteiger partial charge in [0.05, 0.1) is 0 Å². The van der Waals surface area contributed by atoms with Crippen molar-refractivity contribution in [2.45, 2.75) is 69.9 Å². The van der Waals surface area contributed by atoms with Crippen LogP contribution in [0.25, 0.3) is 11.1 Å². The number of carbonyl (C=O) groups excluding carboxylic acids is 2. The third-order valence-electron chi connectivity index (χ3n) is 7.19. The summed E-state index contributed by atoms with van der Waals surface area (Å²) in [6.45, 7) is 2.16. The number of hydrogen-bond acceptors (Lipinski definition) is 4. The van der Waals surface area contributed by atoms with Crippen molar-refractivity contribution in [3.63, 3.8) is 0 Å². The maximum atomic E-state index is 12.7. The Kier molecular flexibility index (Phi) is 8.06. The predicted octanol–water partition coefficient (Wildman–Crippen LogP) is 4.84. The number of benzene rings is 2. The summed E-state index contributed by atoms with van der Waals surface area (Å²) >= 11 is 0. The first kappa shape index (κ1) is 24.8. The molecule has 0 radical (unpaired) electrons. The number of amides is 2. The van der Waals surface area contributed by atoms with Crippen LogP contribution in [0.15, 0.2) is 48.5 Å². The van der Waals surface area contributed by atoms with Crippen LogP contribution < -0.4 is 10.6 Å². The summed E-state index contributed by atoms with van der Waals surface area (Å²) in [4.78, 5) is 35.8. The van der Waals surface area contributed by atoms with Crippen LogP contribution in [-0.2, 0) is 14.3 Å². The van der Waals surface area contributed by atoms with E-state index in [4.69, 9.17) is 9.84 Å². The fourth-order valence-electron chi connectivity index (χ4n) is 5.47. The molecule has 1 unspecified atom stereocenters. The van der Waals surface area contributed by atoms with E-state index in [0.717, 1.165) is 19.3 Å². The van der Waals surface area contributed by atoms with E-state index in [9.17, 15) is 14.4 Å². The third-order valence-corrected chi connectivity index (χ3v) is 7.19. The van der Waals surface area contributed by atoms with Gasteiger partial charge in [0.15, 0.2) is 0 Å². The quantitative estimate of drug-likeness (QED) is 0.453. The number of carboxylic acid groups (broad SMARTS) is 1. The van der Waals surface area contributed by atoms with Crippen LogP contribution in [0.2, 0.25) is 0 Å². The summed E-state index contributed by atoms with van der Waals surface area (Å²) in [5.74, 6) is -0.793. The lowest BCUT2D eigenvalue weighted by Crippen LogP contribution is -2.41. The molecule has 4 rings (SSSR count). The molecule has 2 aliphatic carbocycles. The molecule has 2 amide bonds. The van der Waals surface area contributed by atoms with Crippen molar-refractivity contribution in [2.75, 3.05) is 6.61 Å². The summed E-state index contributed by atoms with van der Waals surface area (Å²) in [5, 5.41) is 14.7. The van der Waals surface area contributed by atoms with Crippen molar-refractivity contribution in [2.24, 2.45) is 5.92 Å². The van der Waals surface area contributed by atoms with Gasteiger partial charge in [-0.15, -0.1) is 0 Å². The first-order chi connectivity index (χ1) is 16.9. The van der Waals surface area contributed by atoms with Gasteiger partial charge in [0.1, 0.15) is 6.61 Å². The van der Waals surface area contributed by atoms with Gasteiger partial charge in [-0.2, -0.15) is 0 Å². The molecule has 2 aliphatic rings. The van der Waals surface area contributed by atoms with Gasteiger partial charge in [0.25, 0.3) is 0 Å². The highest BCUT2D eigenvalue weighted by atomic mass is 16.5. The second-order valence-electron chi connectivity index (χ2n) is 9.73. The molecule has 0 aromatic heterocycles. The van der Waals surface area contributed by atoms with Gasteiger partial charge in [0.2, 0.25) is 5.91 Å². The molecular formula is C28H34N2O5. The molecule has 0 aliphatic heterocycles. The molecule has 1 fully saturated rings. The molecule has 35 heavy (non-hydrogen) atoms. The topological polar surface area (TPSA) is 105 Å². The fraction of sp³-hybridized carbons (Fsp3) is 0.464. The maximum Gasteiger partial charge on any atom is 0.407 e. The largest absolute Gasteiger partial charge is 0.481 e. The second kappa shape index (κ2) is 11.4. The Morgan fingerprint density at radius 2 is 1.69 bits per heavy atom. The molecule has 3 N–H and O–H groups in total. The van der Waals surface area contributed by atoms with Crippen LogP contribution in [-0.4, -0.2) is 41.8 Å².